The molecule has 5 rings (SSSR count). The fourth-order valence-corrected chi connectivity index (χ4v) is 7.21. The first kappa shape index (κ1) is 31.9. The fourth-order valence-electron chi connectivity index (χ4n) is 7.00. The van der Waals surface area contributed by atoms with Crippen LogP contribution < -0.4 is 15.0 Å². The Balaban J connectivity index is 1.11. The Morgan fingerprint density at radius 2 is 1.70 bits per heavy atom. The number of rotatable bonds is 6. The van der Waals surface area contributed by atoms with Crippen LogP contribution in [0.25, 0.3) is 0 Å². The molecule has 236 valence electrons. The summed E-state index contributed by atoms with van der Waals surface area (Å²) in [6.07, 6.45) is 1.23. The van der Waals surface area contributed by atoms with E-state index in [1.54, 1.807) is 29.3 Å². The molecular formula is C33H43ClN6O4. The summed E-state index contributed by atoms with van der Waals surface area (Å²) in [6.45, 7) is 18.8. The quantitative estimate of drug-likeness (QED) is 0.481. The van der Waals surface area contributed by atoms with Crippen LogP contribution in [-0.2, 0) is 4.74 Å². The van der Waals surface area contributed by atoms with Gasteiger partial charge in [-0.15, -0.1) is 0 Å². The summed E-state index contributed by atoms with van der Waals surface area (Å²) < 4.78 is 11.8. The average molecular weight is 623 g/mol. The average Bonchev–Trinajstić information content (AvgIpc) is 2.93. The van der Waals surface area contributed by atoms with Gasteiger partial charge < -0.3 is 24.6 Å². The van der Waals surface area contributed by atoms with E-state index in [-0.39, 0.29) is 35.0 Å². The van der Waals surface area contributed by atoms with Gasteiger partial charge in [0.25, 0.3) is 5.91 Å². The Hall–Kier alpha value is -3.55. The highest BCUT2D eigenvalue weighted by Crippen LogP contribution is 2.55. The number of nitrogens with zero attached hydrogens (tertiary/aromatic N) is 5. The first-order valence-electron chi connectivity index (χ1n) is 15.2. The van der Waals surface area contributed by atoms with Crippen LogP contribution >= 0.6 is 11.6 Å². The third-order valence-electron chi connectivity index (χ3n) is 9.11. The molecule has 1 aromatic carbocycles. The highest BCUT2D eigenvalue weighted by atomic mass is 35.5. The number of nitriles is 1. The Morgan fingerprint density at radius 1 is 1.05 bits per heavy atom. The van der Waals surface area contributed by atoms with Gasteiger partial charge in [0.15, 0.2) is 0 Å². The second-order valence-electron chi connectivity index (χ2n) is 14.3. The van der Waals surface area contributed by atoms with E-state index >= 15 is 0 Å². The van der Waals surface area contributed by atoms with E-state index in [9.17, 15) is 9.59 Å². The van der Waals surface area contributed by atoms with Gasteiger partial charge in [-0.1, -0.05) is 39.3 Å². The number of hydrogen-bond donors (Lipinski definition) is 1. The zero-order valence-electron chi connectivity index (χ0n) is 26.7. The van der Waals surface area contributed by atoms with Crippen molar-refractivity contribution in [3.05, 3.63) is 52.7 Å². The SMILES string of the molecule is CC(C)(C)OC(=O)N1CC(N2CCN(c3ccc(C(=O)N[C@H]4C(C)(C)[C@H](Oc5ccc(C#N)c(Cl)c5)C4(C)C)cn3)CC2)C1. The zero-order chi connectivity index (χ0) is 32.0. The van der Waals surface area contributed by atoms with Crippen molar-refractivity contribution in [3.63, 3.8) is 0 Å². The Morgan fingerprint density at radius 3 is 2.25 bits per heavy atom. The van der Waals surface area contributed by atoms with Gasteiger partial charge in [0.2, 0.25) is 0 Å². The van der Waals surface area contributed by atoms with E-state index in [2.05, 4.69) is 53.9 Å². The number of ether oxygens (including phenoxy) is 2. The van der Waals surface area contributed by atoms with Gasteiger partial charge in [-0.05, 0) is 45.0 Å². The number of pyridine rings is 1. The number of carbonyl (C=O) groups excluding carboxylic acids is 2. The van der Waals surface area contributed by atoms with Crippen molar-refractivity contribution in [2.24, 2.45) is 10.8 Å². The topological polar surface area (TPSA) is 111 Å². The van der Waals surface area contributed by atoms with Gasteiger partial charge in [-0.25, -0.2) is 9.78 Å². The predicted octanol–water partition coefficient (Wildman–Crippen LogP) is 4.96. The van der Waals surface area contributed by atoms with Crippen molar-refractivity contribution in [1.29, 1.82) is 5.26 Å². The molecule has 0 bridgehead atoms. The van der Waals surface area contributed by atoms with Gasteiger partial charge in [0.05, 0.1) is 16.1 Å². The van der Waals surface area contributed by atoms with E-state index in [1.807, 2.05) is 32.9 Å². The number of benzene rings is 1. The van der Waals surface area contributed by atoms with Gasteiger partial charge in [0, 0.05) is 74.4 Å². The van der Waals surface area contributed by atoms with Crippen molar-refractivity contribution < 1.29 is 19.1 Å². The van der Waals surface area contributed by atoms with Crippen molar-refractivity contribution in [1.82, 2.24) is 20.1 Å². The number of nitrogens with one attached hydrogen (secondary N) is 1. The number of piperazine rings is 1. The standard InChI is InChI=1S/C33H43ClN6O4/c1-31(2,3)44-30(42)40-19-23(20-40)38-12-14-39(15-13-38)26-11-9-22(18-36-26)27(41)37-28-32(4,5)29(33(28,6)7)43-24-10-8-21(17-35)25(34)16-24/h8-11,16,18,23,28-29H,12-15,19-20H2,1-7H3,(H,37,41)/t28-,29-. The molecule has 44 heavy (non-hydrogen) atoms. The van der Waals surface area contributed by atoms with Crippen molar-refractivity contribution in [2.45, 2.75) is 72.3 Å². The molecule has 0 spiro atoms. The summed E-state index contributed by atoms with van der Waals surface area (Å²) >= 11 is 6.21. The smallest absolute Gasteiger partial charge is 0.410 e. The molecule has 0 unspecified atom stereocenters. The van der Waals surface area contributed by atoms with Gasteiger partial charge in [-0.3, -0.25) is 9.69 Å². The molecule has 1 aliphatic carbocycles. The molecule has 10 nitrogen and oxygen atoms in total. The third kappa shape index (κ3) is 6.31. The highest BCUT2D eigenvalue weighted by Gasteiger charge is 2.64. The lowest BCUT2D eigenvalue weighted by Gasteiger charge is -2.63. The molecule has 3 fully saturated rings. The largest absolute Gasteiger partial charge is 0.489 e. The van der Waals surface area contributed by atoms with Crippen LogP contribution in [0.3, 0.4) is 0 Å². The Kier molecular flexibility index (Phi) is 8.51. The van der Waals surface area contributed by atoms with E-state index < -0.39 is 5.60 Å². The molecule has 2 saturated heterocycles. The third-order valence-corrected chi connectivity index (χ3v) is 9.42. The highest BCUT2D eigenvalue weighted by molar-refractivity contribution is 6.31. The lowest BCUT2D eigenvalue weighted by Crippen LogP contribution is -2.74. The van der Waals surface area contributed by atoms with Crippen LogP contribution in [-0.4, -0.2) is 89.8 Å². The van der Waals surface area contributed by atoms with Crippen LogP contribution in [0.2, 0.25) is 5.02 Å². The Labute approximate surface area is 265 Å². The summed E-state index contributed by atoms with van der Waals surface area (Å²) in [5.41, 5.74) is -0.268. The van der Waals surface area contributed by atoms with E-state index in [1.165, 1.54) is 0 Å². The number of carbonyl (C=O) groups is 2. The minimum Gasteiger partial charge on any atom is -0.489 e. The molecule has 0 atom stereocenters. The second kappa shape index (κ2) is 11.8. The maximum Gasteiger partial charge on any atom is 0.410 e. The molecular weight excluding hydrogens is 580 g/mol. The predicted molar refractivity (Wildman–Crippen MR) is 169 cm³/mol. The van der Waals surface area contributed by atoms with Crippen LogP contribution in [0, 0.1) is 22.2 Å². The summed E-state index contributed by atoms with van der Waals surface area (Å²) in [7, 11) is 0. The second-order valence-corrected chi connectivity index (χ2v) is 14.7. The number of hydrogen-bond acceptors (Lipinski definition) is 8. The molecule has 2 amide bonds. The molecule has 1 N–H and O–H groups in total. The van der Waals surface area contributed by atoms with Gasteiger partial charge in [-0.2, -0.15) is 5.26 Å². The lowest BCUT2D eigenvalue weighted by atomic mass is 9.49. The first-order valence-corrected chi connectivity index (χ1v) is 15.6. The number of amides is 2. The molecule has 1 saturated carbocycles. The number of aromatic nitrogens is 1. The maximum absolute atomic E-state index is 13.3. The zero-order valence-corrected chi connectivity index (χ0v) is 27.4. The molecule has 3 aliphatic rings. The first-order chi connectivity index (χ1) is 20.6. The van der Waals surface area contributed by atoms with E-state index in [4.69, 9.17) is 26.3 Å². The minimum absolute atomic E-state index is 0.133. The summed E-state index contributed by atoms with van der Waals surface area (Å²) in [5.74, 6) is 1.28. The van der Waals surface area contributed by atoms with Crippen molar-refractivity contribution in [2.75, 3.05) is 44.2 Å². The van der Waals surface area contributed by atoms with Crippen LogP contribution in [0.4, 0.5) is 10.6 Å². The fraction of sp³-hybridized carbons (Fsp3) is 0.576. The van der Waals surface area contributed by atoms with E-state index in [0.717, 1.165) is 32.0 Å². The monoisotopic (exact) mass is 622 g/mol. The molecule has 3 heterocycles. The van der Waals surface area contributed by atoms with Gasteiger partial charge >= 0.3 is 6.09 Å². The number of anilines is 1. The van der Waals surface area contributed by atoms with Crippen molar-refractivity contribution in [3.8, 4) is 11.8 Å². The van der Waals surface area contributed by atoms with Gasteiger partial charge in [0.1, 0.15) is 29.3 Å². The van der Waals surface area contributed by atoms with Crippen molar-refractivity contribution >= 4 is 29.4 Å². The number of likely N-dealkylation sites (tertiary alicyclic amines) is 1. The van der Waals surface area contributed by atoms with Crippen LogP contribution in [0.5, 0.6) is 5.75 Å². The Bertz CT molecular complexity index is 1420. The van der Waals surface area contributed by atoms with Crippen LogP contribution in [0.15, 0.2) is 36.5 Å². The normalized spacial score (nSPS) is 23.2. The summed E-state index contributed by atoms with van der Waals surface area (Å²) in [5, 5.41) is 12.7. The molecule has 2 aromatic rings. The maximum atomic E-state index is 13.3. The number of halogens is 1. The molecule has 2 aliphatic heterocycles. The molecule has 11 heteroatoms. The summed E-state index contributed by atoms with van der Waals surface area (Å²) in [6, 6.07) is 11.1. The summed E-state index contributed by atoms with van der Waals surface area (Å²) in [4.78, 5) is 36.6. The van der Waals surface area contributed by atoms with E-state index in [0.29, 0.717) is 41.0 Å². The molecule has 0 radical (unpaired) electrons. The van der Waals surface area contributed by atoms with Crippen LogP contribution in [0.1, 0.15) is 64.4 Å². The molecule has 1 aromatic heterocycles. The minimum atomic E-state index is -0.483. The lowest BCUT2D eigenvalue weighted by molar-refractivity contribution is -0.164.